The van der Waals surface area contributed by atoms with Gasteiger partial charge in [-0.2, -0.15) is 0 Å². The Kier molecular flexibility index (Phi) is 8.81. The molecule has 0 spiro atoms. The molecule has 6 heteroatoms. The van der Waals surface area contributed by atoms with E-state index in [0.29, 0.717) is 26.1 Å². The van der Waals surface area contributed by atoms with Crippen molar-refractivity contribution in [3.63, 3.8) is 0 Å². The van der Waals surface area contributed by atoms with Crippen molar-refractivity contribution in [2.45, 2.75) is 46.1 Å². The molecular weight excluding hydrogens is 414 g/mol. The molecule has 0 saturated carbocycles. The molecular formula is C27H33N3O3. The number of benzene rings is 2. The average molecular weight is 448 g/mol. The SMILES string of the molecule is CCOC(=O)CC(C)(C)CCO/N=C(\c1ccccc1)C(Cc1ccccc1)n1ccnc1. The molecule has 0 aliphatic rings. The predicted octanol–water partition coefficient (Wildman–Crippen LogP) is 5.46. The first-order valence-electron chi connectivity index (χ1n) is 11.4. The van der Waals surface area contributed by atoms with E-state index in [1.807, 2.05) is 81.8 Å². The summed E-state index contributed by atoms with van der Waals surface area (Å²) in [5.74, 6) is -0.181. The second-order valence-electron chi connectivity index (χ2n) is 8.79. The van der Waals surface area contributed by atoms with E-state index in [9.17, 15) is 4.79 Å². The number of carbonyl (C=O) groups excluding carboxylic acids is 1. The molecule has 3 rings (SSSR count). The summed E-state index contributed by atoms with van der Waals surface area (Å²) in [5, 5.41) is 4.62. The standard InChI is InChI=1S/C27H33N3O3/c1-4-32-25(31)20-27(2,3)15-18-33-29-26(23-13-9-6-10-14-23)24(30-17-16-28-21-30)19-22-11-7-5-8-12-22/h5-14,16-17,21,24H,4,15,18-20H2,1-3H3/b29-26+. The molecule has 0 aliphatic heterocycles. The highest BCUT2D eigenvalue weighted by Gasteiger charge is 2.24. The quantitative estimate of drug-likeness (QED) is 0.160. The van der Waals surface area contributed by atoms with Crippen LogP contribution in [0, 0.1) is 5.41 Å². The number of aromatic nitrogens is 2. The molecule has 0 N–H and O–H groups in total. The van der Waals surface area contributed by atoms with Gasteiger partial charge in [-0.05, 0) is 30.7 Å². The first-order chi connectivity index (χ1) is 16.0. The molecule has 0 amide bonds. The van der Waals surface area contributed by atoms with Gasteiger partial charge in [0.25, 0.3) is 0 Å². The largest absolute Gasteiger partial charge is 0.466 e. The van der Waals surface area contributed by atoms with Crippen LogP contribution in [0.15, 0.2) is 84.5 Å². The number of hydrogen-bond donors (Lipinski definition) is 0. The van der Waals surface area contributed by atoms with Gasteiger partial charge < -0.3 is 14.1 Å². The summed E-state index contributed by atoms with van der Waals surface area (Å²) in [7, 11) is 0. The van der Waals surface area contributed by atoms with Crippen LogP contribution in [0.3, 0.4) is 0 Å². The van der Waals surface area contributed by atoms with E-state index in [2.05, 4.69) is 26.8 Å². The van der Waals surface area contributed by atoms with Crippen LogP contribution in [0.2, 0.25) is 0 Å². The Morgan fingerprint density at radius 3 is 2.42 bits per heavy atom. The van der Waals surface area contributed by atoms with Crippen molar-refractivity contribution in [3.8, 4) is 0 Å². The maximum Gasteiger partial charge on any atom is 0.306 e. The van der Waals surface area contributed by atoms with Crippen LogP contribution in [0.1, 0.15) is 50.8 Å². The Labute approximate surface area is 196 Å². The third kappa shape index (κ3) is 7.59. The van der Waals surface area contributed by atoms with Gasteiger partial charge in [-0.3, -0.25) is 4.79 Å². The Morgan fingerprint density at radius 2 is 1.79 bits per heavy atom. The third-order valence-electron chi connectivity index (χ3n) is 5.50. The van der Waals surface area contributed by atoms with Crippen LogP contribution in [-0.4, -0.2) is 34.4 Å². The molecule has 0 radical (unpaired) electrons. The summed E-state index contributed by atoms with van der Waals surface area (Å²) in [4.78, 5) is 22.0. The number of imidazole rings is 1. The van der Waals surface area contributed by atoms with Crippen LogP contribution in [-0.2, 0) is 20.8 Å². The average Bonchev–Trinajstić information content (AvgIpc) is 3.34. The minimum atomic E-state index is -0.234. The monoisotopic (exact) mass is 447 g/mol. The first kappa shape index (κ1) is 24.2. The topological polar surface area (TPSA) is 65.7 Å². The molecule has 1 unspecified atom stereocenters. The lowest BCUT2D eigenvalue weighted by molar-refractivity contribution is -0.145. The number of hydrogen-bond acceptors (Lipinski definition) is 5. The minimum Gasteiger partial charge on any atom is -0.466 e. The smallest absolute Gasteiger partial charge is 0.306 e. The van der Waals surface area contributed by atoms with E-state index >= 15 is 0 Å². The van der Waals surface area contributed by atoms with Crippen molar-refractivity contribution in [1.82, 2.24) is 9.55 Å². The summed E-state index contributed by atoms with van der Waals surface area (Å²) < 4.78 is 7.16. The van der Waals surface area contributed by atoms with Crippen molar-refractivity contribution in [2.75, 3.05) is 13.2 Å². The van der Waals surface area contributed by atoms with Crippen LogP contribution in [0.5, 0.6) is 0 Å². The van der Waals surface area contributed by atoms with Crippen molar-refractivity contribution in [1.29, 1.82) is 0 Å². The molecule has 6 nitrogen and oxygen atoms in total. The Morgan fingerprint density at radius 1 is 1.09 bits per heavy atom. The summed E-state index contributed by atoms with van der Waals surface area (Å²) in [6.07, 6.45) is 7.34. The fourth-order valence-electron chi connectivity index (χ4n) is 3.68. The molecule has 1 heterocycles. The number of rotatable bonds is 12. The Bertz CT molecular complexity index is 1000. The van der Waals surface area contributed by atoms with Crippen molar-refractivity contribution in [2.24, 2.45) is 10.6 Å². The molecule has 3 aromatic rings. The highest BCUT2D eigenvalue weighted by Crippen LogP contribution is 2.26. The Balaban J connectivity index is 1.80. The molecule has 0 fully saturated rings. The fraction of sp³-hybridized carbons (Fsp3) is 0.370. The molecule has 0 saturated heterocycles. The predicted molar refractivity (Wildman–Crippen MR) is 130 cm³/mol. The number of ether oxygens (including phenoxy) is 1. The first-order valence-corrected chi connectivity index (χ1v) is 11.4. The van der Waals surface area contributed by atoms with Gasteiger partial charge in [0.2, 0.25) is 0 Å². The molecule has 0 bridgehead atoms. The normalized spacial score (nSPS) is 12.9. The zero-order chi connectivity index (χ0) is 23.5. The maximum atomic E-state index is 11.9. The lowest BCUT2D eigenvalue weighted by atomic mass is 9.86. The summed E-state index contributed by atoms with van der Waals surface area (Å²) in [6, 6.07) is 20.3. The van der Waals surface area contributed by atoms with Crippen LogP contribution < -0.4 is 0 Å². The van der Waals surface area contributed by atoms with Crippen molar-refractivity contribution < 1.29 is 14.4 Å². The molecule has 0 aliphatic carbocycles. The molecule has 1 aromatic heterocycles. The summed E-state index contributed by atoms with van der Waals surface area (Å²) in [5.41, 5.74) is 2.80. The fourth-order valence-corrected chi connectivity index (χ4v) is 3.68. The van der Waals surface area contributed by atoms with Gasteiger partial charge in [0, 0.05) is 18.0 Å². The van der Waals surface area contributed by atoms with E-state index in [1.54, 1.807) is 6.20 Å². The summed E-state index contributed by atoms with van der Waals surface area (Å²) >= 11 is 0. The van der Waals surface area contributed by atoms with E-state index in [-0.39, 0.29) is 17.4 Å². The summed E-state index contributed by atoms with van der Waals surface area (Å²) in [6.45, 7) is 6.70. The number of carbonyl (C=O) groups is 1. The van der Waals surface area contributed by atoms with E-state index in [4.69, 9.17) is 9.57 Å². The van der Waals surface area contributed by atoms with E-state index in [1.165, 1.54) is 5.56 Å². The minimum absolute atomic E-state index is 0.0788. The van der Waals surface area contributed by atoms with Gasteiger partial charge in [-0.1, -0.05) is 79.7 Å². The Hall–Kier alpha value is -3.41. The van der Waals surface area contributed by atoms with Crippen LogP contribution in [0.4, 0.5) is 0 Å². The van der Waals surface area contributed by atoms with Gasteiger partial charge in [-0.25, -0.2) is 4.98 Å². The van der Waals surface area contributed by atoms with Gasteiger partial charge in [0.1, 0.15) is 12.3 Å². The third-order valence-corrected chi connectivity index (χ3v) is 5.50. The highest BCUT2D eigenvalue weighted by molar-refractivity contribution is 6.03. The second-order valence-corrected chi connectivity index (χ2v) is 8.79. The number of nitrogens with zero attached hydrogens (tertiary/aromatic N) is 3. The van der Waals surface area contributed by atoms with Crippen molar-refractivity contribution in [3.05, 3.63) is 90.5 Å². The molecule has 33 heavy (non-hydrogen) atoms. The maximum absolute atomic E-state index is 11.9. The second kappa shape index (κ2) is 12.0. The van der Waals surface area contributed by atoms with Crippen LogP contribution in [0.25, 0.3) is 0 Å². The van der Waals surface area contributed by atoms with E-state index < -0.39 is 0 Å². The lowest BCUT2D eigenvalue weighted by Gasteiger charge is -2.23. The molecule has 2 aromatic carbocycles. The van der Waals surface area contributed by atoms with Gasteiger partial charge in [0.15, 0.2) is 0 Å². The lowest BCUT2D eigenvalue weighted by Crippen LogP contribution is -2.23. The number of oxime groups is 1. The van der Waals surface area contributed by atoms with Gasteiger partial charge in [0.05, 0.1) is 25.4 Å². The van der Waals surface area contributed by atoms with Crippen LogP contribution >= 0.6 is 0 Å². The molecule has 1 atom stereocenters. The zero-order valence-corrected chi connectivity index (χ0v) is 19.7. The molecule has 174 valence electrons. The van der Waals surface area contributed by atoms with Gasteiger partial charge in [-0.15, -0.1) is 0 Å². The van der Waals surface area contributed by atoms with E-state index in [0.717, 1.165) is 17.7 Å². The number of esters is 1. The zero-order valence-electron chi connectivity index (χ0n) is 19.7. The van der Waals surface area contributed by atoms with Crippen molar-refractivity contribution >= 4 is 11.7 Å². The highest BCUT2D eigenvalue weighted by atomic mass is 16.6. The van der Waals surface area contributed by atoms with Gasteiger partial charge >= 0.3 is 5.97 Å².